The number of halogens is 1. The zero-order valence-corrected chi connectivity index (χ0v) is 8.51. The molecular weight excluding hydrogens is 216 g/mol. The number of hydrogen-bond donors (Lipinski definition) is 1. The lowest BCUT2D eigenvalue weighted by molar-refractivity contribution is 0.922. The molecule has 0 radical (unpaired) electrons. The molecule has 0 bridgehead atoms. The van der Waals surface area contributed by atoms with Crippen molar-refractivity contribution in [1.29, 1.82) is 0 Å². The lowest BCUT2D eigenvalue weighted by atomic mass is 10.3. The van der Waals surface area contributed by atoms with Gasteiger partial charge in [0.25, 0.3) is 0 Å². The summed E-state index contributed by atoms with van der Waals surface area (Å²) in [6, 6.07) is 3.95. The van der Waals surface area contributed by atoms with Gasteiger partial charge in [0.2, 0.25) is 0 Å². The van der Waals surface area contributed by atoms with E-state index in [0.29, 0.717) is 0 Å². The molecule has 0 aliphatic heterocycles. The van der Waals surface area contributed by atoms with Crippen molar-refractivity contribution in [2.75, 3.05) is 13.6 Å². The van der Waals surface area contributed by atoms with Crippen molar-refractivity contribution >= 4 is 22.0 Å². The zero-order chi connectivity index (χ0) is 8.81. The van der Waals surface area contributed by atoms with Crippen LogP contribution in [0.5, 0.6) is 0 Å². The Morgan fingerprint density at radius 3 is 3.00 bits per heavy atom. The van der Waals surface area contributed by atoms with E-state index in [1.54, 1.807) is 6.20 Å². The smallest absolute Gasteiger partial charge is 0.0627 e. The molecule has 0 aliphatic rings. The van der Waals surface area contributed by atoms with Crippen LogP contribution >= 0.6 is 15.9 Å². The summed E-state index contributed by atoms with van der Waals surface area (Å²) in [4.78, 5) is 4.19. The first-order chi connectivity index (χ1) is 5.83. The molecule has 3 heteroatoms. The van der Waals surface area contributed by atoms with Crippen molar-refractivity contribution in [2.45, 2.75) is 0 Å². The molecule has 0 saturated heterocycles. The molecule has 0 unspecified atom stereocenters. The molecule has 2 nitrogen and oxygen atoms in total. The van der Waals surface area contributed by atoms with E-state index in [4.69, 9.17) is 0 Å². The summed E-state index contributed by atoms with van der Waals surface area (Å²) in [7, 11) is 1.92. The highest BCUT2D eigenvalue weighted by molar-refractivity contribution is 9.10. The van der Waals surface area contributed by atoms with Crippen LogP contribution in [0.2, 0.25) is 0 Å². The Hall–Kier alpha value is -0.670. The molecule has 0 atom stereocenters. The Morgan fingerprint density at radius 1 is 1.58 bits per heavy atom. The number of likely N-dealkylation sites (N-methyl/N-ethyl adjacent to an activating group) is 1. The van der Waals surface area contributed by atoms with Crippen molar-refractivity contribution in [3.63, 3.8) is 0 Å². The van der Waals surface area contributed by atoms with Crippen LogP contribution in [-0.2, 0) is 0 Å². The average Bonchev–Trinajstić information content (AvgIpc) is 2.09. The van der Waals surface area contributed by atoms with Crippen LogP contribution in [0, 0.1) is 0 Å². The van der Waals surface area contributed by atoms with Gasteiger partial charge in [-0.1, -0.05) is 6.08 Å². The fourth-order valence-electron chi connectivity index (χ4n) is 0.783. The van der Waals surface area contributed by atoms with Crippen LogP contribution in [0.3, 0.4) is 0 Å². The fraction of sp³-hybridized carbons (Fsp3) is 0.222. The first kappa shape index (κ1) is 9.42. The molecule has 0 fully saturated rings. The molecule has 1 rings (SSSR count). The van der Waals surface area contributed by atoms with E-state index in [0.717, 1.165) is 16.7 Å². The van der Waals surface area contributed by atoms with Crippen LogP contribution in [0.25, 0.3) is 6.08 Å². The molecule has 64 valence electrons. The number of nitrogens with one attached hydrogen (secondary N) is 1. The average molecular weight is 227 g/mol. The van der Waals surface area contributed by atoms with Gasteiger partial charge in [0.05, 0.1) is 5.69 Å². The van der Waals surface area contributed by atoms with Crippen molar-refractivity contribution in [2.24, 2.45) is 0 Å². The summed E-state index contributed by atoms with van der Waals surface area (Å²) in [6.45, 7) is 0.873. The molecule has 0 saturated carbocycles. The van der Waals surface area contributed by atoms with Crippen LogP contribution in [-0.4, -0.2) is 18.6 Å². The quantitative estimate of drug-likeness (QED) is 0.854. The van der Waals surface area contributed by atoms with Crippen molar-refractivity contribution in [3.05, 3.63) is 34.6 Å². The van der Waals surface area contributed by atoms with Gasteiger partial charge in [-0.2, -0.15) is 0 Å². The summed E-state index contributed by atoms with van der Waals surface area (Å²) in [5.74, 6) is 0. The third kappa shape index (κ3) is 3.15. The van der Waals surface area contributed by atoms with E-state index in [-0.39, 0.29) is 0 Å². The first-order valence-electron chi connectivity index (χ1n) is 3.75. The number of nitrogens with zero attached hydrogens (tertiary/aromatic N) is 1. The highest BCUT2D eigenvalue weighted by Crippen LogP contribution is 2.07. The van der Waals surface area contributed by atoms with Crippen molar-refractivity contribution in [3.8, 4) is 0 Å². The standard InChI is InChI=1S/C9H11BrN2/c1-11-6-2-3-9-5-4-8(10)7-12-9/h2-5,7,11H,6H2,1H3. The van der Waals surface area contributed by atoms with Crippen LogP contribution in [0.1, 0.15) is 5.69 Å². The Morgan fingerprint density at radius 2 is 2.42 bits per heavy atom. The van der Waals surface area contributed by atoms with Gasteiger partial charge in [0.1, 0.15) is 0 Å². The Bertz CT molecular complexity index is 254. The van der Waals surface area contributed by atoms with Crippen LogP contribution in [0.4, 0.5) is 0 Å². The van der Waals surface area contributed by atoms with E-state index < -0.39 is 0 Å². The zero-order valence-electron chi connectivity index (χ0n) is 6.92. The van der Waals surface area contributed by atoms with E-state index in [1.165, 1.54) is 0 Å². The second-order valence-electron chi connectivity index (χ2n) is 2.36. The maximum absolute atomic E-state index is 4.19. The second kappa shape index (κ2) is 5.06. The summed E-state index contributed by atoms with van der Waals surface area (Å²) in [5.41, 5.74) is 0.980. The maximum Gasteiger partial charge on any atom is 0.0627 e. The van der Waals surface area contributed by atoms with Gasteiger partial charge < -0.3 is 5.32 Å². The lowest BCUT2D eigenvalue weighted by Gasteiger charge is -1.92. The molecule has 1 aromatic rings. The number of hydrogen-bond acceptors (Lipinski definition) is 2. The number of aromatic nitrogens is 1. The van der Waals surface area contributed by atoms with Gasteiger partial charge in [-0.05, 0) is 41.2 Å². The molecule has 12 heavy (non-hydrogen) atoms. The number of rotatable bonds is 3. The molecule has 0 aliphatic carbocycles. The van der Waals surface area contributed by atoms with Gasteiger partial charge >= 0.3 is 0 Å². The Labute approximate surface area is 80.8 Å². The topological polar surface area (TPSA) is 24.9 Å². The minimum atomic E-state index is 0.873. The van der Waals surface area contributed by atoms with E-state index in [1.807, 2.05) is 31.3 Å². The van der Waals surface area contributed by atoms with Gasteiger partial charge in [-0.15, -0.1) is 0 Å². The fourth-order valence-corrected chi connectivity index (χ4v) is 1.02. The first-order valence-corrected chi connectivity index (χ1v) is 4.55. The third-order valence-corrected chi connectivity index (χ3v) is 1.83. The van der Waals surface area contributed by atoms with Gasteiger partial charge in [-0.25, -0.2) is 0 Å². The number of pyridine rings is 1. The van der Waals surface area contributed by atoms with E-state index in [2.05, 4.69) is 26.2 Å². The summed E-state index contributed by atoms with van der Waals surface area (Å²) in [5, 5.41) is 3.03. The second-order valence-corrected chi connectivity index (χ2v) is 3.28. The Kier molecular flexibility index (Phi) is 3.97. The van der Waals surface area contributed by atoms with Gasteiger partial charge in [0.15, 0.2) is 0 Å². The predicted molar refractivity (Wildman–Crippen MR) is 54.9 cm³/mol. The van der Waals surface area contributed by atoms with Crippen LogP contribution in [0.15, 0.2) is 28.9 Å². The molecule has 0 spiro atoms. The normalized spacial score (nSPS) is 10.8. The molecule has 0 aromatic carbocycles. The Balaban J connectivity index is 2.58. The van der Waals surface area contributed by atoms with Crippen LogP contribution < -0.4 is 5.32 Å². The predicted octanol–water partition coefficient (Wildman–Crippen LogP) is 2.08. The SMILES string of the molecule is CNCC=Cc1ccc(Br)cn1. The minimum absolute atomic E-state index is 0.873. The molecule has 1 N–H and O–H groups in total. The monoisotopic (exact) mass is 226 g/mol. The van der Waals surface area contributed by atoms with E-state index in [9.17, 15) is 0 Å². The lowest BCUT2D eigenvalue weighted by Crippen LogP contribution is -2.03. The molecule has 1 aromatic heterocycles. The molecule has 0 amide bonds. The van der Waals surface area contributed by atoms with E-state index >= 15 is 0 Å². The highest BCUT2D eigenvalue weighted by Gasteiger charge is 1.87. The molecule has 1 heterocycles. The highest BCUT2D eigenvalue weighted by atomic mass is 79.9. The largest absolute Gasteiger partial charge is 0.316 e. The van der Waals surface area contributed by atoms with Crippen molar-refractivity contribution < 1.29 is 0 Å². The van der Waals surface area contributed by atoms with Crippen molar-refractivity contribution in [1.82, 2.24) is 10.3 Å². The maximum atomic E-state index is 4.19. The van der Waals surface area contributed by atoms with Gasteiger partial charge in [0, 0.05) is 17.2 Å². The molecular formula is C9H11BrN2. The summed E-state index contributed by atoms with van der Waals surface area (Å²) >= 11 is 3.33. The summed E-state index contributed by atoms with van der Waals surface area (Å²) < 4.78 is 1.01. The minimum Gasteiger partial charge on any atom is -0.316 e. The third-order valence-electron chi connectivity index (χ3n) is 1.36. The summed E-state index contributed by atoms with van der Waals surface area (Å²) in [6.07, 6.45) is 5.82. The van der Waals surface area contributed by atoms with Gasteiger partial charge in [-0.3, -0.25) is 4.98 Å².